The Hall–Kier alpha value is -2.03. The van der Waals surface area contributed by atoms with Gasteiger partial charge in [0.1, 0.15) is 11.5 Å². The number of fused-ring (bicyclic) bond motifs is 1. The summed E-state index contributed by atoms with van der Waals surface area (Å²) >= 11 is 0. The van der Waals surface area contributed by atoms with Crippen LogP contribution in [0.3, 0.4) is 0 Å². The number of rotatable bonds is 3. The van der Waals surface area contributed by atoms with E-state index in [4.69, 9.17) is 4.74 Å². The van der Waals surface area contributed by atoms with Gasteiger partial charge in [-0.1, -0.05) is 53.7 Å². The SMILES string of the molecule is CC(C)(C)CC(C(=O)Oc1ccc2cc(O)ccc2c1)C(C)(C)C. The van der Waals surface area contributed by atoms with Crippen LogP contribution in [0.4, 0.5) is 0 Å². The smallest absolute Gasteiger partial charge is 0.314 e. The Morgan fingerprint density at radius 3 is 2.17 bits per heavy atom. The zero-order valence-electron chi connectivity index (χ0n) is 15.5. The summed E-state index contributed by atoms with van der Waals surface area (Å²) in [5.41, 5.74) is -0.106. The number of benzene rings is 2. The zero-order chi connectivity index (χ0) is 18.1. The highest BCUT2D eigenvalue weighted by Crippen LogP contribution is 2.37. The second-order valence-corrected chi connectivity index (χ2v) is 8.80. The van der Waals surface area contributed by atoms with Crippen LogP contribution >= 0.6 is 0 Å². The van der Waals surface area contributed by atoms with Crippen molar-refractivity contribution in [3.63, 3.8) is 0 Å². The average molecular weight is 328 g/mol. The minimum absolute atomic E-state index is 0.0535. The molecule has 0 saturated heterocycles. The van der Waals surface area contributed by atoms with Crippen molar-refractivity contribution >= 4 is 16.7 Å². The molecule has 3 heteroatoms. The zero-order valence-corrected chi connectivity index (χ0v) is 15.5. The van der Waals surface area contributed by atoms with Gasteiger partial charge in [-0.3, -0.25) is 4.79 Å². The Morgan fingerprint density at radius 2 is 1.58 bits per heavy atom. The third kappa shape index (κ3) is 4.73. The second kappa shape index (κ2) is 6.46. The molecule has 1 atom stereocenters. The molecule has 0 fully saturated rings. The molecule has 130 valence electrons. The molecule has 0 aliphatic heterocycles. The molecule has 2 rings (SSSR count). The lowest BCUT2D eigenvalue weighted by molar-refractivity contribution is -0.144. The first-order chi connectivity index (χ1) is 11.0. The van der Waals surface area contributed by atoms with Crippen molar-refractivity contribution in [2.24, 2.45) is 16.7 Å². The van der Waals surface area contributed by atoms with Crippen LogP contribution in [0, 0.1) is 16.7 Å². The van der Waals surface area contributed by atoms with E-state index in [0.717, 1.165) is 17.2 Å². The predicted octanol–water partition coefficient (Wildman–Crippen LogP) is 5.55. The monoisotopic (exact) mass is 328 g/mol. The fourth-order valence-corrected chi connectivity index (χ4v) is 2.82. The van der Waals surface area contributed by atoms with Crippen molar-refractivity contribution in [1.29, 1.82) is 0 Å². The van der Waals surface area contributed by atoms with Gasteiger partial charge < -0.3 is 9.84 Å². The normalized spacial score (nSPS) is 13.8. The fraction of sp³-hybridized carbons (Fsp3) is 0.476. The molecule has 0 amide bonds. The van der Waals surface area contributed by atoms with Crippen LogP contribution in [-0.2, 0) is 4.79 Å². The minimum atomic E-state index is -0.185. The van der Waals surface area contributed by atoms with Crippen LogP contribution in [0.5, 0.6) is 11.5 Å². The van der Waals surface area contributed by atoms with Gasteiger partial charge in [0, 0.05) is 0 Å². The summed E-state index contributed by atoms with van der Waals surface area (Å²) < 4.78 is 5.69. The number of ether oxygens (including phenoxy) is 1. The van der Waals surface area contributed by atoms with Gasteiger partial charge in [-0.25, -0.2) is 0 Å². The highest BCUT2D eigenvalue weighted by Gasteiger charge is 2.36. The minimum Gasteiger partial charge on any atom is -0.508 e. The van der Waals surface area contributed by atoms with Gasteiger partial charge in [0.25, 0.3) is 0 Å². The van der Waals surface area contributed by atoms with Crippen LogP contribution in [-0.4, -0.2) is 11.1 Å². The summed E-state index contributed by atoms with van der Waals surface area (Å²) in [4.78, 5) is 12.8. The summed E-state index contributed by atoms with van der Waals surface area (Å²) in [7, 11) is 0. The number of aromatic hydroxyl groups is 1. The van der Waals surface area contributed by atoms with Crippen LogP contribution in [0.15, 0.2) is 36.4 Å². The molecule has 0 aromatic heterocycles. The quantitative estimate of drug-likeness (QED) is 0.593. The molecule has 2 aromatic rings. The molecule has 0 radical (unpaired) electrons. The van der Waals surface area contributed by atoms with Gasteiger partial charge in [0.05, 0.1) is 5.92 Å². The number of phenols is 1. The van der Waals surface area contributed by atoms with E-state index in [1.807, 2.05) is 18.2 Å². The predicted molar refractivity (Wildman–Crippen MR) is 98.3 cm³/mol. The molecular weight excluding hydrogens is 300 g/mol. The van der Waals surface area contributed by atoms with Crippen LogP contribution in [0.25, 0.3) is 10.8 Å². The van der Waals surface area contributed by atoms with Crippen molar-refractivity contribution in [1.82, 2.24) is 0 Å². The number of carbonyl (C=O) groups is 1. The Morgan fingerprint density at radius 1 is 1.00 bits per heavy atom. The van der Waals surface area contributed by atoms with Gasteiger partial charge in [0.2, 0.25) is 0 Å². The lowest BCUT2D eigenvalue weighted by Gasteiger charge is -2.33. The molecular formula is C21H28O3. The molecule has 0 saturated carbocycles. The van der Waals surface area contributed by atoms with E-state index in [9.17, 15) is 9.90 Å². The van der Waals surface area contributed by atoms with Gasteiger partial charge in [-0.05, 0) is 52.3 Å². The molecule has 24 heavy (non-hydrogen) atoms. The largest absolute Gasteiger partial charge is 0.508 e. The summed E-state index contributed by atoms with van der Waals surface area (Å²) in [6, 6.07) is 10.6. The third-order valence-electron chi connectivity index (χ3n) is 4.16. The van der Waals surface area contributed by atoms with Crippen LogP contribution in [0.2, 0.25) is 0 Å². The molecule has 0 heterocycles. The summed E-state index contributed by atoms with van der Waals surface area (Å²) in [6.45, 7) is 12.7. The van der Waals surface area contributed by atoms with Crippen LogP contribution < -0.4 is 4.74 Å². The van der Waals surface area contributed by atoms with Crippen molar-refractivity contribution in [2.45, 2.75) is 48.0 Å². The van der Waals surface area contributed by atoms with Gasteiger partial charge in [-0.15, -0.1) is 0 Å². The number of phenolic OH excluding ortho intramolecular Hbond substituents is 1. The first-order valence-electron chi connectivity index (χ1n) is 8.40. The maximum atomic E-state index is 12.8. The van der Waals surface area contributed by atoms with Crippen molar-refractivity contribution in [2.75, 3.05) is 0 Å². The molecule has 2 aromatic carbocycles. The topological polar surface area (TPSA) is 46.5 Å². The van der Waals surface area contributed by atoms with E-state index in [2.05, 4.69) is 41.5 Å². The lowest BCUT2D eigenvalue weighted by atomic mass is 9.72. The maximum Gasteiger partial charge on any atom is 0.314 e. The van der Waals surface area contributed by atoms with E-state index in [0.29, 0.717) is 5.75 Å². The average Bonchev–Trinajstić information content (AvgIpc) is 2.43. The molecule has 0 bridgehead atoms. The fourth-order valence-electron chi connectivity index (χ4n) is 2.82. The van der Waals surface area contributed by atoms with E-state index < -0.39 is 0 Å². The molecule has 0 aliphatic carbocycles. The molecule has 3 nitrogen and oxygen atoms in total. The van der Waals surface area contributed by atoms with Gasteiger partial charge >= 0.3 is 5.97 Å². The lowest BCUT2D eigenvalue weighted by Crippen LogP contribution is -2.35. The first kappa shape index (κ1) is 18.3. The Bertz CT molecular complexity index is 733. The molecule has 1 N–H and O–H groups in total. The third-order valence-corrected chi connectivity index (χ3v) is 4.16. The molecule has 0 aliphatic rings. The second-order valence-electron chi connectivity index (χ2n) is 8.80. The summed E-state index contributed by atoms with van der Waals surface area (Å²) in [5, 5.41) is 11.4. The highest BCUT2D eigenvalue weighted by atomic mass is 16.5. The number of hydrogen-bond donors (Lipinski definition) is 1. The highest BCUT2D eigenvalue weighted by molar-refractivity contribution is 5.86. The Labute approximate surface area is 144 Å². The van der Waals surface area contributed by atoms with Crippen molar-refractivity contribution in [3.8, 4) is 11.5 Å². The standard InChI is InChI=1S/C21H28O3/c1-20(2,3)13-18(21(4,5)6)19(23)24-17-10-8-14-11-16(22)9-7-15(14)12-17/h7-12,18,22H,13H2,1-6H3. The van der Waals surface area contributed by atoms with Crippen LogP contribution in [0.1, 0.15) is 48.0 Å². The van der Waals surface area contributed by atoms with E-state index in [1.165, 1.54) is 0 Å². The molecule has 0 spiro atoms. The Balaban J connectivity index is 2.24. The number of carbonyl (C=O) groups excluding carboxylic acids is 1. The number of hydrogen-bond acceptors (Lipinski definition) is 3. The van der Waals surface area contributed by atoms with E-state index >= 15 is 0 Å². The summed E-state index contributed by atoms with van der Waals surface area (Å²) in [6.07, 6.45) is 0.775. The van der Waals surface area contributed by atoms with Crippen molar-refractivity contribution < 1.29 is 14.6 Å². The van der Waals surface area contributed by atoms with Crippen molar-refractivity contribution in [3.05, 3.63) is 36.4 Å². The van der Waals surface area contributed by atoms with E-state index in [-0.39, 0.29) is 28.5 Å². The molecule has 1 unspecified atom stereocenters. The summed E-state index contributed by atoms with van der Waals surface area (Å²) in [5.74, 6) is 0.412. The number of esters is 1. The van der Waals surface area contributed by atoms with Gasteiger partial charge in [-0.2, -0.15) is 0 Å². The maximum absolute atomic E-state index is 12.8. The first-order valence-corrected chi connectivity index (χ1v) is 8.40. The van der Waals surface area contributed by atoms with Gasteiger partial charge in [0.15, 0.2) is 0 Å². The van der Waals surface area contributed by atoms with E-state index in [1.54, 1.807) is 18.2 Å². The Kier molecular flexibility index (Phi) is 4.93.